The molecule has 0 aromatic heterocycles. The number of rotatable bonds is 1. The van der Waals surface area contributed by atoms with E-state index in [4.69, 9.17) is 9.47 Å². The number of esters is 1. The van der Waals surface area contributed by atoms with Crippen LogP contribution in [0.2, 0.25) is 0 Å². The lowest BCUT2D eigenvalue weighted by molar-refractivity contribution is -0.200. The Morgan fingerprint density at radius 2 is 1.76 bits per heavy atom. The lowest BCUT2D eigenvalue weighted by Gasteiger charge is -2.56. The van der Waals surface area contributed by atoms with Gasteiger partial charge in [0.1, 0.15) is 17.5 Å². The summed E-state index contributed by atoms with van der Waals surface area (Å²) in [4.78, 5) is 39.5. The summed E-state index contributed by atoms with van der Waals surface area (Å²) < 4.78 is 12.1. The van der Waals surface area contributed by atoms with Crippen molar-refractivity contribution >= 4 is 17.5 Å². The summed E-state index contributed by atoms with van der Waals surface area (Å²) in [7, 11) is 0. The second-order valence-electron chi connectivity index (χ2n) is 11.9. The first-order chi connectivity index (χ1) is 15.6. The van der Waals surface area contributed by atoms with Crippen LogP contribution in [0.1, 0.15) is 59.3 Å². The van der Waals surface area contributed by atoms with Crippen LogP contribution in [0, 0.1) is 40.4 Å². The molecule has 5 nitrogen and oxygen atoms in total. The maximum absolute atomic E-state index is 14.0. The molecule has 9 unspecified atom stereocenters. The highest BCUT2D eigenvalue weighted by Crippen LogP contribution is 2.66. The van der Waals surface area contributed by atoms with Crippen LogP contribution in [0.25, 0.3) is 0 Å². The van der Waals surface area contributed by atoms with Crippen molar-refractivity contribution in [3.8, 4) is 0 Å². The van der Waals surface area contributed by atoms with Gasteiger partial charge in [0.2, 0.25) is 0 Å². The molecule has 2 bridgehead atoms. The SMILES string of the molecule is C=C1C(=O)OC2CC1(C)OCC2C1CCC2C3CC=C4CC=CC(=O)C4(C)C3CC(=O)C12C. The molecular weight excluding hydrogens is 416 g/mol. The van der Waals surface area contributed by atoms with E-state index in [0.29, 0.717) is 36.7 Å². The topological polar surface area (TPSA) is 69.7 Å². The number of allylic oxidation sites excluding steroid dienone is 4. The summed E-state index contributed by atoms with van der Waals surface area (Å²) in [5.41, 5.74) is -0.0589. The van der Waals surface area contributed by atoms with Crippen molar-refractivity contribution in [2.75, 3.05) is 6.61 Å². The van der Waals surface area contributed by atoms with Gasteiger partial charge in [0, 0.05) is 24.2 Å². The Morgan fingerprint density at radius 3 is 2.52 bits per heavy atom. The molecule has 33 heavy (non-hydrogen) atoms. The van der Waals surface area contributed by atoms with Gasteiger partial charge in [-0.1, -0.05) is 31.2 Å². The average Bonchev–Trinajstić information content (AvgIpc) is 3.13. The first-order valence-corrected chi connectivity index (χ1v) is 12.6. The molecule has 0 amide bonds. The summed E-state index contributed by atoms with van der Waals surface area (Å²) in [6, 6.07) is 0. The van der Waals surface area contributed by atoms with Gasteiger partial charge >= 0.3 is 5.97 Å². The molecule has 9 atom stereocenters. The molecule has 0 N–H and O–H groups in total. The second kappa shape index (κ2) is 6.78. The maximum atomic E-state index is 14.0. The average molecular weight is 451 g/mol. The minimum atomic E-state index is -0.662. The highest BCUT2D eigenvalue weighted by atomic mass is 16.6. The lowest BCUT2D eigenvalue weighted by Crippen LogP contribution is -2.59. The molecule has 4 aliphatic carbocycles. The second-order valence-corrected chi connectivity index (χ2v) is 11.9. The molecule has 176 valence electrons. The van der Waals surface area contributed by atoms with Gasteiger partial charge in [-0.25, -0.2) is 4.79 Å². The smallest absolute Gasteiger partial charge is 0.336 e. The van der Waals surface area contributed by atoms with Gasteiger partial charge < -0.3 is 9.47 Å². The molecule has 0 spiro atoms. The number of fused-ring (bicyclic) bond motifs is 7. The molecule has 5 heteroatoms. The zero-order chi connectivity index (χ0) is 23.3. The van der Waals surface area contributed by atoms with Gasteiger partial charge in [0.15, 0.2) is 5.78 Å². The van der Waals surface area contributed by atoms with E-state index in [0.717, 1.165) is 25.7 Å². The normalized spacial score (nSPS) is 50.8. The molecule has 2 heterocycles. The van der Waals surface area contributed by atoms with E-state index in [1.807, 2.05) is 13.0 Å². The van der Waals surface area contributed by atoms with Gasteiger partial charge in [0.05, 0.1) is 17.6 Å². The zero-order valence-corrected chi connectivity index (χ0v) is 19.9. The van der Waals surface area contributed by atoms with E-state index in [2.05, 4.69) is 26.5 Å². The molecular formula is C28H34O5. The molecule has 0 aromatic rings. The summed E-state index contributed by atoms with van der Waals surface area (Å²) in [6.07, 6.45) is 10.6. The molecule has 0 aromatic carbocycles. The third-order valence-corrected chi connectivity index (χ3v) is 10.9. The van der Waals surface area contributed by atoms with E-state index in [1.165, 1.54) is 5.57 Å². The van der Waals surface area contributed by atoms with Crippen LogP contribution in [0.4, 0.5) is 0 Å². The van der Waals surface area contributed by atoms with Crippen LogP contribution in [0.5, 0.6) is 0 Å². The fourth-order valence-electron chi connectivity index (χ4n) is 8.73. The lowest BCUT2D eigenvalue weighted by atomic mass is 9.46. The number of ketones is 2. The minimum Gasteiger partial charge on any atom is -0.458 e. The van der Waals surface area contributed by atoms with Gasteiger partial charge in [-0.15, -0.1) is 0 Å². The molecule has 2 saturated heterocycles. The van der Waals surface area contributed by atoms with Gasteiger partial charge in [-0.2, -0.15) is 0 Å². The quantitative estimate of drug-likeness (QED) is 0.337. The van der Waals surface area contributed by atoms with Crippen molar-refractivity contribution < 1.29 is 23.9 Å². The molecule has 2 saturated carbocycles. The maximum Gasteiger partial charge on any atom is 0.336 e. The Labute approximate surface area is 195 Å². The van der Waals surface area contributed by atoms with Crippen LogP contribution in [0.15, 0.2) is 36.0 Å². The van der Waals surface area contributed by atoms with Crippen molar-refractivity contribution in [2.45, 2.75) is 71.0 Å². The fraction of sp³-hybridized carbons (Fsp3) is 0.679. The Kier molecular flexibility index (Phi) is 4.42. The third-order valence-electron chi connectivity index (χ3n) is 10.9. The number of carbonyl (C=O) groups is 3. The summed E-state index contributed by atoms with van der Waals surface area (Å²) in [5.74, 6) is 0.918. The standard InChI is InChI=1S/C28H34O5/c1-15-25(31)33-22-13-26(15,2)32-14-18(22)20-11-10-19-17-9-8-16-6-5-7-23(29)27(16,3)21(17)12-24(30)28(19,20)4/h5,7-8,17-22H,1,6,9-14H2,2-4H3. The first-order valence-electron chi connectivity index (χ1n) is 12.6. The van der Waals surface area contributed by atoms with E-state index in [9.17, 15) is 14.4 Å². The third kappa shape index (κ3) is 2.60. The highest BCUT2D eigenvalue weighted by Gasteiger charge is 2.66. The fourth-order valence-corrected chi connectivity index (χ4v) is 8.73. The van der Waals surface area contributed by atoms with Crippen LogP contribution in [0.3, 0.4) is 0 Å². The molecule has 2 aliphatic heterocycles. The number of Topliss-reactive ketones (excluding diaryl/α,β-unsaturated/α-hetero) is 1. The summed E-state index contributed by atoms with van der Waals surface area (Å²) in [5, 5.41) is 0. The van der Waals surface area contributed by atoms with E-state index in [1.54, 1.807) is 6.08 Å². The number of ether oxygens (including phenoxy) is 2. The predicted octanol–water partition coefficient (Wildman–Crippen LogP) is 4.37. The van der Waals surface area contributed by atoms with Crippen molar-refractivity contribution in [3.63, 3.8) is 0 Å². The number of hydrogen-bond acceptors (Lipinski definition) is 5. The Balaban J connectivity index is 1.33. The molecule has 4 fully saturated rings. The van der Waals surface area contributed by atoms with E-state index < -0.39 is 16.4 Å². The van der Waals surface area contributed by atoms with Crippen LogP contribution in [-0.2, 0) is 23.9 Å². The largest absolute Gasteiger partial charge is 0.458 e. The highest BCUT2D eigenvalue weighted by molar-refractivity contribution is 5.99. The van der Waals surface area contributed by atoms with Crippen LogP contribution in [-0.4, -0.2) is 35.8 Å². The Hall–Kier alpha value is -2.01. The van der Waals surface area contributed by atoms with Gasteiger partial charge in [-0.3, -0.25) is 9.59 Å². The van der Waals surface area contributed by atoms with Crippen molar-refractivity contribution in [2.24, 2.45) is 40.4 Å². The minimum absolute atomic E-state index is 0.0233. The van der Waals surface area contributed by atoms with Crippen LogP contribution >= 0.6 is 0 Å². The number of carbonyl (C=O) groups excluding carboxylic acids is 3. The Morgan fingerprint density at radius 1 is 1.03 bits per heavy atom. The van der Waals surface area contributed by atoms with Crippen LogP contribution < -0.4 is 0 Å². The Bertz CT molecular complexity index is 1040. The van der Waals surface area contributed by atoms with Crippen molar-refractivity contribution in [1.82, 2.24) is 0 Å². The van der Waals surface area contributed by atoms with Crippen molar-refractivity contribution in [1.29, 1.82) is 0 Å². The van der Waals surface area contributed by atoms with E-state index >= 15 is 0 Å². The molecule has 0 radical (unpaired) electrons. The van der Waals surface area contributed by atoms with E-state index in [-0.39, 0.29) is 41.5 Å². The van der Waals surface area contributed by atoms with Gasteiger partial charge in [0.25, 0.3) is 0 Å². The predicted molar refractivity (Wildman–Crippen MR) is 122 cm³/mol. The first kappa shape index (κ1) is 21.5. The monoisotopic (exact) mass is 450 g/mol. The summed E-state index contributed by atoms with van der Waals surface area (Å²) >= 11 is 0. The molecule has 6 rings (SSSR count). The number of hydrogen-bond donors (Lipinski definition) is 0. The van der Waals surface area contributed by atoms with Crippen molar-refractivity contribution in [3.05, 3.63) is 36.0 Å². The zero-order valence-electron chi connectivity index (χ0n) is 19.9. The summed E-state index contributed by atoms with van der Waals surface area (Å²) in [6.45, 7) is 10.6. The van der Waals surface area contributed by atoms with Gasteiger partial charge in [-0.05, 0) is 69.3 Å². The molecule has 6 aliphatic rings.